The van der Waals surface area contributed by atoms with Gasteiger partial charge in [-0.25, -0.2) is 4.79 Å². The summed E-state index contributed by atoms with van der Waals surface area (Å²) in [7, 11) is 0. The van der Waals surface area contributed by atoms with Crippen LogP contribution >= 0.6 is 15.9 Å². The van der Waals surface area contributed by atoms with E-state index >= 15 is 0 Å². The van der Waals surface area contributed by atoms with Crippen molar-refractivity contribution in [2.45, 2.75) is 24.9 Å². The molecule has 5 nitrogen and oxygen atoms in total. The highest BCUT2D eigenvalue weighted by atomic mass is 79.9. The molecule has 3 saturated heterocycles. The fourth-order valence-corrected chi connectivity index (χ4v) is 3.88. The maximum absolute atomic E-state index is 12.3. The molecule has 3 aliphatic heterocycles. The Morgan fingerprint density at radius 1 is 1.23 bits per heavy atom. The molecule has 3 aliphatic rings. The van der Waals surface area contributed by atoms with Gasteiger partial charge in [-0.05, 0) is 30.7 Å². The van der Waals surface area contributed by atoms with Crippen LogP contribution in [0, 0.1) is 11.8 Å². The standard InChI is InChI=1S/C16H17BrO5/c17-10-3-1-9(2-4-10)15(18)21-12-7-19-8-13-14(12)11-5-6-20-16(11)22-13/h1-4,11-14,16H,5-8H2/t11-,12+,13-,14+,16+/m0/s1. The molecule has 1 aromatic carbocycles. The molecule has 1 aromatic rings. The van der Waals surface area contributed by atoms with Gasteiger partial charge in [0.1, 0.15) is 6.10 Å². The van der Waals surface area contributed by atoms with Crippen LogP contribution in [0.2, 0.25) is 0 Å². The van der Waals surface area contributed by atoms with Crippen LogP contribution in [0.1, 0.15) is 16.8 Å². The molecule has 4 rings (SSSR count). The number of carbonyl (C=O) groups excluding carboxylic acids is 1. The summed E-state index contributed by atoms with van der Waals surface area (Å²) in [6, 6.07) is 7.16. The minimum absolute atomic E-state index is 0.0354. The van der Waals surface area contributed by atoms with Gasteiger partial charge in [-0.1, -0.05) is 15.9 Å². The fraction of sp³-hybridized carbons (Fsp3) is 0.562. The molecule has 118 valence electrons. The minimum Gasteiger partial charge on any atom is -0.456 e. The summed E-state index contributed by atoms with van der Waals surface area (Å²) < 4.78 is 23.7. The molecule has 22 heavy (non-hydrogen) atoms. The van der Waals surface area contributed by atoms with E-state index in [0.29, 0.717) is 31.3 Å². The van der Waals surface area contributed by atoms with E-state index in [4.69, 9.17) is 18.9 Å². The van der Waals surface area contributed by atoms with Crippen LogP contribution in [0.5, 0.6) is 0 Å². The lowest BCUT2D eigenvalue weighted by atomic mass is 9.83. The van der Waals surface area contributed by atoms with Crippen molar-refractivity contribution in [3.05, 3.63) is 34.3 Å². The lowest BCUT2D eigenvalue weighted by Crippen LogP contribution is -2.45. The average Bonchev–Trinajstić information content (AvgIpc) is 3.08. The quantitative estimate of drug-likeness (QED) is 0.750. The molecule has 6 heteroatoms. The first kappa shape index (κ1) is 14.6. The maximum atomic E-state index is 12.3. The summed E-state index contributed by atoms with van der Waals surface area (Å²) >= 11 is 3.36. The molecule has 0 spiro atoms. The third-order valence-electron chi connectivity index (χ3n) is 4.65. The van der Waals surface area contributed by atoms with Gasteiger partial charge in [0.05, 0.1) is 31.5 Å². The first-order valence-corrected chi connectivity index (χ1v) is 8.33. The fourth-order valence-electron chi connectivity index (χ4n) is 3.61. The third kappa shape index (κ3) is 2.58. The van der Waals surface area contributed by atoms with Gasteiger partial charge in [-0.3, -0.25) is 0 Å². The van der Waals surface area contributed by atoms with Gasteiger partial charge >= 0.3 is 5.97 Å². The van der Waals surface area contributed by atoms with E-state index < -0.39 is 0 Å². The van der Waals surface area contributed by atoms with Crippen molar-refractivity contribution in [1.82, 2.24) is 0 Å². The van der Waals surface area contributed by atoms with Crippen LogP contribution in [-0.4, -0.2) is 44.3 Å². The Labute approximate surface area is 137 Å². The SMILES string of the molecule is O=C(O[C@@H]1COC[C@@H]2O[C@H]3OCC[C@H]3[C@@H]21)c1ccc(Br)cc1. The topological polar surface area (TPSA) is 54.0 Å². The zero-order valence-corrected chi connectivity index (χ0v) is 13.5. The second-order valence-electron chi connectivity index (χ2n) is 5.93. The number of ether oxygens (including phenoxy) is 4. The Balaban J connectivity index is 1.49. The largest absolute Gasteiger partial charge is 0.456 e. The predicted molar refractivity (Wildman–Crippen MR) is 80.4 cm³/mol. The van der Waals surface area contributed by atoms with E-state index in [9.17, 15) is 4.79 Å². The van der Waals surface area contributed by atoms with Crippen molar-refractivity contribution >= 4 is 21.9 Å². The average molecular weight is 369 g/mol. The molecule has 0 amide bonds. The number of fused-ring (bicyclic) bond motifs is 3. The van der Waals surface area contributed by atoms with Crippen molar-refractivity contribution in [2.75, 3.05) is 19.8 Å². The van der Waals surface area contributed by atoms with E-state index in [1.165, 1.54) is 0 Å². The van der Waals surface area contributed by atoms with E-state index in [2.05, 4.69) is 15.9 Å². The normalized spacial score (nSPS) is 36.7. The van der Waals surface area contributed by atoms with Crippen molar-refractivity contribution in [1.29, 1.82) is 0 Å². The predicted octanol–water partition coefficient (Wildman–Crippen LogP) is 2.38. The lowest BCUT2D eigenvalue weighted by molar-refractivity contribution is -0.154. The molecule has 0 unspecified atom stereocenters. The number of esters is 1. The molecule has 0 aliphatic carbocycles. The van der Waals surface area contributed by atoms with Gasteiger partial charge in [0.15, 0.2) is 6.29 Å². The molecule has 3 fully saturated rings. The second-order valence-corrected chi connectivity index (χ2v) is 6.85. The van der Waals surface area contributed by atoms with E-state index in [0.717, 1.165) is 10.9 Å². The first-order chi connectivity index (χ1) is 10.7. The number of hydrogen-bond acceptors (Lipinski definition) is 5. The Kier molecular flexibility index (Phi) is 3.94. The number of carbonyl (C=O) groups is 1. The molecular weight excluding hydrogens is 352 g/mol. The summed E-state index contributed by atoms with van der Waals surface area (Å²) in [4.78, 5) is 12.3. The summed E-state index contributed by atoms with van der Waals surface area (Å²) in [6.45, 7) is 1.69. The monoisotopic (exact) mass is 368 g/mol. The highest BCUT2D eigenvalue weighted by Crippen LogP contribution is 2.44. The van der Waals surface area contributed by atoms with Crippen LogP contribution in [0.3, 0.4) is 0 Å². The van der Waals surface area contributed by atoms with E-state index in [1.54, 1.807) is 12.1 Å². The Morgan fingerprint density at radius 2 is 2.05 bits per heavy atom. The highest BCUT2D eigenvalue weighted by molar-refractivity contribution is 9.10. The Hall–Kier alpha value is -0.950. The minimum atomic E-state index is -0.316. The van der Waals surface area contributed by atoms with Crippen LogP contribution in [0.25, 0.3) is 0 Å². The van der Waals surface area contributed by atoms with E-state index in [-0.39, 0.29) is 30.4 Å². The highest BCUT2D eigenvalue weighted by Gasteiger charge is 2.53. The van der Waals surface area contributed by atoms with E-state index in [1.807, 2.05) is 12.1 Å². The van der Waals surface area contributed by atoms with Gasteiger partial charge in [0.2, 0.25) is 0 Å². The number of halogens is 1. The summed E-state index contributed by atoms with van der Waals surface area (Å²) in [5, 5.41) is 0. The molecule has 5 atom stereocenters. The van der Waals surface area contributed by atoms with Crippen LogP contribution in [-0.2, 0) is 18.9 Å². The molecule has 0 bridgehead atoms. The second kappa shape index (κ2) is 5.92. The van der Waals surface area contributed by atoms with Crippen LogP contribution in [0.15, 0.2) is 28.7 Å². The van der Waals surface area contributed by atoms with Crippen molar-refractivity contribution in [2.24, 2.45) is 11.8 Å². The van der Waals surface area contributed by atoms with Gasteiger partial charge in [0.25, 0.3) is 0 Å². The zero-order chi connectivity index (χ0) is 15.1. The van der Waals surface area contributed by atoms with Gasteiger partial charge < -0.3 is 18.9 Å². The van der Waals surface area contributed by atoms with Crippen molar-refractivity contribution in [3.63, 3.8) is 0 Å². The summed E-state index contributed by atoms with van der Waals surface area (Å²) in [5.74, 6) is 0.154. The van der Waals surface area contributed by atoms with Crippen LogP contribution < -0.4 is 0 Å². The Morgan fingerprint density at radius 3 is 2.86 bits per heavy atom. The zero-order valence-electron chi connectivity index (χ0n) is 11.9. The summed E-state index contributed by atoms with van der Waals surface area (Å²) in [6.07, 6.45) is 0.488. The Bertz CT molecular complexity index is 560. The summed E-state index contributed by atoms with van der Waals surface area (Å²) in [5.41, 5.74) is 0.545. The molecule has 0 radical (unpaired) electrons. The smallest absolute Gasteiger partial charge is 0.338 e. The first-order valence-electron chi connectivity index (χ1n) is 7.54. The van der Waals surface area contributed by atoms with Crippen LogP contribution in [0.4, 0.5) is 0 Å². The lowest BCUT2D eigenvalue weighted by Gasteiger charge is -2.34. The van der Waals surface area contributed by atoms with Crippen molar-refractivity contribution < 1.29 is 23.7 Å². The maximum Gasteiger partial charge on any atom is 0.338 e. The number of hydrogen-bond donors (Lipinski definition) is 0. The van der Waals surface area contributed by atoms with Gasteiger partial charge in [-0.15, -0.1) is 0 Å². The molecule has 0 saturated carbocycles. The molecular formula is C16H17BrO5. The van der Waals surface area contributed by atoms with Crippen molar-refractivity contribution in [3.8, 4) is 0 Å². The third-order valence-corrected chi connectivity index (χ3v) is 5.18. The molecule has 0 aromatic heterocycles. The van der Waals surface area contributed by atoms with Gasteiger partial charge in [-0.2, -0.15) is 0 Å². The molecule has 0 N–H and O–H groups in total. The number of rotatable bonds is 2. The molecule has 3 heterocycles. The van der Waals surface area contributed by atoms with Gasteiger partial charge in [0, 0.05) is 16.3 Å². The number of benzene rings is 1.